The Morgan fingerprint density at radius 3 is 2.87 bits per heavy atom. The van der Waals surface area contributed by atoms with Gasteiger partial charge in [0.05, 0.1) is 19.6 Å². The first-order chi connectivity index (χ1) is 11.2. The molecule has 1 saturated carbocycles. The topological polar surface area (TPSA) is 79.5 Å². The van der Waals surface area contributed by atoms with E-state index in [4.69, 9.17) is 4.74 Å². The smallest absolute Gasteiger partial charge is 0.237 e. The first-order valence-electron chi connectivity index (χ1n) is 8.16. The van der Waals surface area contributed by atoms with Crippen molar-refractivity contribution in [1.29, 1.82) is 0 Å². The second-order valence-corrected chi connectivity index (χ2v) is 6.21. The van der Waals surface area contributed by atoms with Gasteiger partial charge in [0.25, 0.3) is 0 Å². The molecule has 6 nitrogen and oxygen atoms in total. The van der Waals surface area contributed by atoms with Gasteiger partial charge in [-0.15, -0.1) is 0 Å². The molecule has 124 valence electrons. The van der Waals surface area contributed by atoms with Gasteiger partial charge in [0.15, 0.2) is 0 Å². The van der Waals surface area contributed by atoms with Crippen molar-refractivity contribution in [2.75, 3.05) is 12.4 Å². The molecule has 2 fully saturated rings. The molecule has 1 aliphatic heterocycles. The van der Waals surface area contributed by atoms with Crippen molar-refractivity contribution >= 4 is 17.5 Å². The number of piperazine rings is 1. The average Bonchev–Trinajstić information content (AvgIpc) is 2.55. The third-order valence-corrected chi connectivity index (χ3v) is 4.57. The molecule has 2 aliphatic rings. The molecule has 0 aromatic heterocycles. The molecule has 6 heteroatoms. The predicted molar refractivity (Wildman–Crippen MR) is 87.4 cm³/mol. The van der Waals surface area contributed by atoms with Gasteiger partial charge < -0.3 is 20.7 Å². The van der Waals surface area contributed by atoms with Gasteiger partial charge in [-0.2, -0.15) is 0 Å². The Morgan fingerprint density at radius 2 is 2.09 bits per heavy atom. The Bertz CT molecular complexity index is 590. The molecule has 23 heavy (non-hydrogen) atoms. The standard InChI is InChI=1S/C17H23N3O3/c1-23-12-6-4-5-11(9-12)18-16(21)10-15-17(22)20-14-8-3-2-7-13(14)19-15/h4-6,9,13-15,19H,2-3,7-8,10H2,1H3,(H,18,21)(H,20,22)/t13-,14+,15+/m0/s1. The van der Waals surface area contributed by atoms with Crippen molar-refractivity contribution in [2.45, 2.75) is 50.2 Å². The Kier molecular flexibility index (Phi) is 4.81. The number of hydrogen-bond acceptors (Lipinski definition) is 4. The highest BCUT2D eigenvalue weighted by Crippen LogP contribution is 2.22. The van der Waals surface area contributed by atoms with Gasteiger partial charge in [-0.25, -0.2) is 0 Å². The number of anilines is 1. The van der Waals surface area contributed by atoms with Crippen LogP contribution in [-0.2, 0) is 9.59 Å². The summed E-state index contributed by atoms with van der Waals surface area (Å²) in [5, 5.41) is 9.22. The molecule has 1 aliphatic carbocycles. The van der Waals surface area contributed by atoms with E-state index >= 15 is 0 Å². The quantitative estimate of drug-likeness (QED) is 0.785. The van der Waals surface area contributed by atoms with Crippen LogP contribution in [0, 0.1) is 0 Å². The number of hydrogen-bond donors (Lipinski definition) is 3. The molecule has 1 heterocycles. The van der Waals surface area contributed by atoms with Crippen molar-refractivity contribution in [3.05, 3.63) is 24.3 Å². The Hall–Kier alpha value is -2.08. The number of benzene rings is 1. The molecule has 0 bridgehead atoms. The maximum Gasteiger partial charge on any atom is 0.237 e. The van der Waals surface area contributed by atoms with Crippen LogP contribution in [0.3, 0.4) is 0 Å². The number of ether oxygens (including phenoxy) is 1. The lowest BCUT2D eigenvalue weighted by Crippen LogP contribution is -2.65. The molecule has 2 amide bonds. The highest BCUT2D eigenvalue weighted by atomic mass is 16.5. The van der Waals surface area contributed by atoms with Gasteiger partial charge in [0, 0.05) is 23.8 Å². The lowest BCUT2D eigenvalue weighted by atomic mass is 9.87. The maximum absolute atomic E-state index is 12.2. The fraction of sp³-hybridized carbons (Fsp3) is 0.529. The summed E-state index contributed by atoms with van der Waals surface area (Å²) in [6, 6.07) is 7.22. The lowest BCUT2D eigenvalue weighted by Gasteiger charge is -2.40. The second-order valence-electron chi connectivity index (χ2n) is 6.21. The summed E-state index contributed by atoms with van der Waals surface area (Å²) in [5.41, 5.74) is 0.668. The van der Waals surface area contributed by atoms with Crippen molar-refractivity contribution in [2.24, 2.45) is 0 Å². The van der Waals surface area contributed by atoms with Crippen LogP contribution in [0.1, 0.15) is 32.1 Å². The van der Waals surface area contributed by atoms with Crippen LogP contribution >= 0.6 is 0 Å². The fourth-order valence-electron chi connectivity index (χ4n) is 3.37. The van der Waals surface area contributed by atoms with E-state index < -0.39 is 6.04 Å². The van der Waals surface area contributed by atoms with Crippen LogP contribution in [0.2, 0.25) is 0 Å². The van der Waals surface area contributed by atoms with E-state index in [0.717, 1.165) is 19.3 Å². The van der Waals surface area contributed by atoms with Crippen LogP contribution in [-0.4, -0.2) is 37.0 Å². The third kappa shape index (κ3) is 3.82. The molecular weight excluding hydrogens is 294 g/mol. The number of amides is 2. The van der Waals surface area contributed by atoms with E-state index in [1.165, 1.54) is 6.42 Å². The molecule has 1 aromatic rings. The Morgan fingerprint density at radius 1 is 1.30 bits per heavy atom. The average molecular weight is 317 g/mol. The first kappa shape index (κ1) is 15.8. The molecular formula is C17H23N3O3. The molecule has 3 rings (SSSR count). The minimum Gasteiger partial charge on any atom is -0.497 e. The summed E-state index contributed by atoms with van der Waals surface area (Å²) < 4.78 is 5.13. The highest BCUT2D eigenvalue weighted by molar-refractivity contribution is 5.95. The Labute approximate surface area is 136 Å². The first-order valence-corrected chi connectivity index (χ1v) is 8.16. The summed E-state index contributed by atoms with van der Waals surface area (Å²) in [5.74, 6) is 0.426. The number of methoxy groups -OCH3 is 1. The molecule has 3 atom stereocenters. The van der Waals surface area contributed by atoms with Crippen LogP contribution < -0.4 is 20.7 Å². The molecule has 0 spiro atoms. The number of carbonyl (C=O) groups excluding carboxylic acids is 2. The van der Waals surface area contributed by atoms with Crippen LogP contribution in [0.15, 0.2) is 24.3 Å². The van der Waals surface area contributed by atoms with Crippen molar-refractivity contribution < 1.29 is 14.3 Å². The second kappa shape index (κ2) is 7.00. The van der Waals surface area contributed by atoms with Gasteiger partial charge >= 0.3 is 0 Å². The summed E-state index contributed by atoms with van der Waals surface area (Å²) in [6.07, 6.45) is 4.54. The zero-order valence-electron chi connectivity index (χ0n) is 13.3. The predicted octanol–water partition coefficient (Wildman–Crippen LogP) is 1.42. The zero-order chi connectivity index (χ0) is 16.2. The molecule has 3 N–H and O–H groups in total. The van der Waals surface area contributed by atoms with Gasteiger partial charge in [-0.05, 0) is 25.0 Å². The molecule has 1 aromatic carbocycles. The number of nitrogens with one attached hydrogen (secondary N) is 3. The van der Waals surface area contributed by atoms with E-state index in [2.05, 4.69) is 16.0 Å². The summed E-state index contributed by atoms with van der Waals surface area (Å²) >= 11 is 0. The normalized spacial score (nSPS) is 26.8. The minimum absolute atomic E-state index is 0.0751. The maximum atomic E-state index is 12.2. The number of fused-ring (bicyclic) bond motifs is 1. The van der Waals surface area contributed by atoms with E-state index in [1.807, 2.05) is 12.1 Å². The van der Waals surface area contributed by atoms with Gasteiger partial charge in [0.1, 0.15) is 5.75 Å². The minimum atomic E-state index is -0.458. The summed E-state index contributed by atoms with van der Waals surface area (Å²) in [6.45, 7) is 0. The van der Waals surface area contributed by atoms with Crippen LogP contribution in [0.25, 0.3) is 0 Å². The summed E-state index contributed by atoms with van der Waals surface area (Å²) in [4.78, 5) is 24.4. The van der Waals surface area contributed by atoms with Crippen LogP contribution in [0.4, 0.5) is 5.69 Å². The largest absolute Gasteiger partial charge is 0.497 e. The molecule has 0 unspecified atom stereocenters. The van der Waals surface area contributed by atoms with Crippen molar-refractivity contribution in [1.82, 2.24) is 10.6 Å². The monoisotopic (exact) mass is 317 g/mol. The number of carbonyl (C=O) groups is 2. The van der Waals surface area contributed by atoms with Gasteiger partial charge in [-0.1, -0.05) is 18.9 Å². The summed E-state index contributed by atoms with van der Waals surface area (Å²) in [7, 11) is 1.58. The van der Waals surface area contributed by atoms with Crippen molar-refractivity contribution in [3.63, 3.8) is 0 Å². The number of rotatable bonds is 4. The van der Waals surface area contributed by atoms with E-state index in [0.29, 0.717) is 11.4 Å². The zero-order valence-corrected chi connectivity index (χ0v) is 13.3. The van der Waals surface area contributed by atoms with Gasteiger partial charge in [-0.3, -0.25) is 9.59 Å². The van der Waals surface area contributed by atoms with Gasteiger partial charge in [0.2, 0.25) is 11.8 Å². The fourth-order valence-corrected chi connectivity index (χ4v) is 3.37. The van der Waals surface area contributed by atoms with Crippen LogP contribution in [0.5, 0.6) is 5.75 Å². The van der Waals surface area contributed by atoms with E-state index in [-0.39, 0.29) is 30.3 Å². The lowest BCUT2D eigenvalue weighted by molar-refractivity contribution is -0.129. The SMILES string of the molecule is COc1cccc(NC(=O)C[C@H]2N[C@H]3CCCC[C@H]3NC2=O)c1. The highest BCUT2D eigenvalue weighted by Gasteiger charge is 2.36. The van der Waals surface area contributed by atoms with Crippen molar-refractivity contribution in [3.8, 4) is 5.75 Å². The molecule has 0 radical (unpaired) electrons. The third-order valence-electron chi connectivity index (χ3n) is 4.57. The van der Waals surface area contributed by atoms with E-state index in [1.54, 1.807) is 19.2 Å². The molecule has 1 saturated heterocycles. The van der Waals surface area contributed by atoms with E-state index in [9.17, 15) is 9.59 Å². The Balaban J connectivity index is 1.57.